The number of nitrogens with zero attached hydrogens (tertiary/aromatic N) is 2. The second-order valence-electron chi connectivity index (χ2n) is 6.43. The lowest BCUT2D eigenvalue weighted by atomic mass is 10.1. The summed E-state index contributed by atoms with van der Waals surface area (Å²) in [6, 6.07) is 12.3. The van der Waals surface area contributed by atoms with Gasteiger partial charge >= 0.3 is 0 Å². The lowest BCUT2D eigenvalue weighted by Crippen LogP contribution is -2.25. The Hall–Kier alpha value is -3.65. The number of aromatic hydroxyl groups is 1. The van der Waals surface area contributed by atoms with Crippen LogP contribution in [0.15, 0.2) is 48.7 Å². The van der Waals surface area contributed by atoms with Crippen molar-refractivity contribution in [3.8, 4) is 28.5 Å². The van der Waals surface area contributed by atoms with Crippen molar-refractivity contribution >= 4 is 16.8 Å². The van der Waals surface area contributed by atoms with Gasteiger partial charge in [0, 0.05) is 23.1 Å². The molecular formula is C20H20N6O2. The number of amides is 1. The number of hydrogen-bond acceptors (Lipinski definition) is 5. The largest absolute Gasteiger partial charge is 0.508 e. The van der Waals surface area contributed by atoms with Gasteiger partial charge in [-0.1, -0.05) is 12.1 Å². The Morgan fingerprint density at radius 2 is 2.11 bits per heavy atom. The molecule has 0 aliphatic carbocycles. The van der Waals surface area contributed by atoms with E-state index in [9.17, 15) is 9.90 Å². The van der Waals surface area contributed by atoms with E-state index in [2.05, 4.69) is 25.5 Å². The van der Waals surface area contributed by atoms with Crippen molar-refractivity contribution in [2.24, 2.45) is 5.73 Å². The Labute approximate surface area is 160 Å². The van der Waals surface area contributed by atoms with Gasteiger partial charge in [-0.3, -0.25) is 9.89 Å². The smallest absolute Gasteiger partial charge is 0.251 e. The molecule has 0 saturated heterocycles. The van der Waals surface area contributed by atoms with Crippen LogP contribution in [0.2, 0.25) is 0 Å². The van der Waals surface area contributed by atoms with Gasteiger partial charge in [0.15, 0.2) is 5.82 Å². The highest BCUT2D eigenvalue weighted by Gasteiger charge is 2.15. The first-order valence-electron chi connectivity index (χ1n) is 8.97. The molecule has 28 heavy (non-hydrogen) atoms. The number of hydrogen-bond donors (Lipinski definition) is 5. The normalized spacial score (nSPS) is 11.0. The lowest BCUT2D eigenvalue weighted by Gasteiger charge is -2.04. The monoisotopic (exact) mass is 376 g/mol. The van der Waals surface area contributed by atoms with E-state index in [0.717, 1.165) is 28.6 Å². The van der Waals surface area contributed by atoms with Crippen molar-refractivity contribution < 1.29 is 9.90 Å². The predicted octanol–water partition coefficient (Wildman–Crippen LogP) is 2.40. The van der Waals surface area contributed by atoms with Crippen molar-refractivity contribution in [1.29, 1.82) is 0 Å². The fourth-order valence-electron chi connectivity index (χ4n) is 3.00. The maximum absolute atomic E-state index is 12.3. The summed E-state index contributed by atoms with van der Waals surface area (Å²) >= 11 is 0. The number of fused-ring (bicyclic) bond motifs is 1. The van der Waals surface area contributed by atoms with Gasteiger partial charge < -0.3 is 21.1 Å². The fraction of sp³-hybridized carbons (Fsp3) is 0.150. The summed E-state index contributed by atoms with van der Waals surface area (Å²) in [5.74, 6) is 0.608. The second kappa shape index (κ2) is 7.53. The van der Waals surface area contributed by atoms with E-state index in [4.69, 9.17) is 5.73 Å². The molecule has 0 spiro atoms. The maximum atomic E-state index is 12.3. The van der Waals surface area contributed by atoms with Crippen molar-refractivity contribution in [2.45, 2.75) is 6.42 Å². The molecule has 2 aromatic carbocycles. The molecule has 0 radical (unpaired) electrons. The molecule has 4 rings (SSSR count). The van der Waals surface area contributed by atoms with E-state index in [1.54, 1.807) is 36.5 Å². The average Bonchev–Trinajstić information content (AvgIpc) is 3.34. The number of carbonyl (C=O) groups is 1. The number of benzene rings is 2. The van der Waals surface area contributed by atoms with E-state index in [0.29, 0.717) is 30.2 Å². The number of carbonyl (C=O) groups excluding carboxylic acids is 1. The molecule has 0 saturated carbocycles. The summed E-state index contributed by atoms with van der Waals surface area (Å²) in [4.78, 5) is 20.0. The molecule has 2 aromatic heterocycles. The number of phenolic OH excluding ortho intramolecular Hbond substituents is 1. The second-order valence-corrected chi connectivity index (χ2v) is 6.43. The summed E-state index contributed by atoms with van der Waals surface area (Å²) in [7, 11) is 0. The standard InChI is InChI=1S/C20H20N6O2/c21-7-2-8-22-20(28)13-5-6-16-15(10-13)18(26-25-16)19-23-11-17(24-19)12-3-1-4-14(27)9-12/h1,3-6,9-11,27H,2,7-8,21H2,(H,22,28)(H,23,24)(H,25,26). The molecule has 8 nitrogen and oxygen atoms in total. The van der Waals surface area contributed by atoms with Crippen LogP contribution in [0.4, 0.5) is 0 Å². The molecule has 0 unspecified atom stereocenters. The molecule has 8 heteroatoms. The van der Waals surface area contributed by atoms with Crippen LogP contribution in [0.1, 0.15) is 16.8 Å². The Balaban J connectivity index is 1.66. The van der Waals surface area contributed by atoms with E-state index in [-0.39, 0.29) is 11.7 Å². The molecule has 0 atom stereocenters. The molecule has 0 aliphatic heterocycles. The predicted molar refractivity (Wildman–Crippen MR) is 107 cm³/mol. The zero-order chi connectivity index (χ0) is 19.5. The van der Waals surface area contributed by atoms with Crippen molar-refractivity contribution in [3.05, 3.63) is 54.2 Å². The summed E-state index contributed by atoms with van der Waals surface area (Å²) in [5, 5.41) is 20.6. The van der Waals surface area contributed by atoms with Gasteiger partial charge in [-0.15, -0.1) is 0 Å². The Kier molecular flexibility index (Phi) is 4.77. The van der Waals surface area contributed by atoms with Gasteiger partial charge in [-0.25, -0.2) is 4.98 Å². The summed E-state index contributed by atoms with van der Waals surface area (Å²) < 4.78 is 0. The Bertz CT molecular complexity index is 1130. The first-order valence-corrected chi connectivity index (χ1v) is 8.97. The minimum absolute atomic E-state index is 0.151. The quantitative estimate of drug-likeness (QED) is 0.330. The van der Waals surface area contributed by atoms with Gasteiger partial charge in [0.05, 0.1) is 17.4 Å². The first-order chi connectivity index (χ1) is 13.7. The molecule has 1 amide bonds. The van der Waals surface area contributed by atoms with Crippen LogP contribution < -0.4 is 11.1 Å². The van der Waals surface area contributed by atoms with E-state index < -0.39 is 0 Å². The number of nitrogens with two attached hydrogens (primary N) is 1. The topological polar surface area (TPSA) is 133 Å². The average molecular weight is 376 g/mol. The van der Waals surface area contributed by atoms with E-state index in [1.165, 1.54) is 0 Å². The minimum atomic E-state index is -0.151. The summed E-state index contributed by atoms with van der Waals surface area (Å²) in [6.45, 7) is 1.07. The SMILES string of the molecule is NCCCNC(=O)c1ccc2[nH]nc(-c3ncc(-c4cccc(O)c4)[nH]3)c2c1. The molecule has 0 aliphatic rings. The third-order valence-electron chi connectivity index (χ3n) is 4.45. The minimum Gasteiger partial charge on any atom is -0.508 e. The number of aromatic amines is 2. The van der Waals surface area contributed by atoms with Crippen LogP contribution in [-0.2, 0) is 0 Å². The lowest BCUT2D eigenvalue weighted by molar-refractivity contribution is 0.0953. The zero-order valence-corrected chi connectivity index (χ0v) is 15.1. The highest BCUT2D eigenvalue weighted by atomic mass is 16.3. The molecule has 0 fully saturated rings. The van der Waals surface area contributed by atoms with Crippen molar-refractivity contribution in [1.82, 2.24) is 25.5 Å². The van der Waals surface area contributed by atoms with Gasteiger partial charge in [0.1, 0.15) is 11.4 Å². The number of nitrogens with one attached hydrogen (secondary N) is 3. The van der Waals surface area contributed by atoms with Crippen molar-refractivity contribution in [3.63, 3.8) is 0 Å². The van der Waals surface area contributed by atoms with Crippen LogP contribution in [0.3, 0.4) is 0 Å². The molecule has 0 bridgehead atoms. The number of aromatic nitrogens is 4. The van der Waals surface area contributed by atoms with Crippen LogP contribution in [0.5, 0.6) is 5.75 Å². The highest BCUT2D eigenvalue weighted by Crippen LogP contribution is 2.28. The van der Waals surface area contributed by atoms with Gasteiger partial charge in [0.25, 0.3) is 5.91 Å². The third kappa shape index (κ3) is 3.45. The number of rotatable bonds is 6. The fourth-order valence-corrected chi connectivity index (χ4v) is 3.00. The molecular weight excluding hydrogens is 356 g/mol. The molecule has 4 aromatic rings. The van der Waals surface area contributed by atoms with Crippen molar-refractivity contribution in [2.75, 3.05) is 13.1 Å². The summed E-state index contributed by atoms with van der Waals surface area (Å²) in [5.41, 5.74) is 9.02. The van der Waals surface area contributed by atoms with Gasteiger partial charge in [-0.05, 0) is 43.3 Å². The van der Waals surface area contributed by atoms with Crippen LogP contribution in [0.25, 0.3) is 33.7 Å². The number of H-pyrrole nitrogens is 2. The molecule has 2 heterocycles. The van der Waals surface area contributed by atoms with Gasteiger partial charge in [0.2, 0.25) is 0 Å². The van der Waals surface area contributed by atoms with E-state index >= 15 is 0 Å². The third-order valence-corrected chi connectivity index (χ3v) is 4.45. The number of phenols is 1. The Morgan fingerprint density at radius 1 is 1.21 bits per heavy atom. The van der Waals surface area contributed by atoms with Crippen LogP contribution in [0, 0.1) is 0 Å². The first kappa shape index (κ1) is 17.7. The molecule has 142 valence electrons. The maximum Gasteiger partial charge on any atom is 0.251 e. The Morgan fingerprint density at radius 3 is 2.93 bits per heavy atom. The molecule has 6 N–H and O–H groups in total. The van der Waals surface area contributed by atoms with E-state index in [1.807, 2.05) is 12.1 Å². The highest BCUT2D eigenvalue weighted by molar-refractivity contribution is 6.01. The van der Waals surface area contributed by atoms with Crippen LogP contribution in [-0.4, -0.2) is 44.3 Å². The zero-order valence-electron chi connectivity index (χ0n) is 15.1. The number of imidazole rings is 1. The van der Waals surface area contributed by atoms with Gasteiger partial charge in [-0.2, -0.15) is 5.10 Å². The van der Waals surface area contributed by atoms with Crippen LogP contribution >= 0.6 is 0 Å². The summed E-state index contributed by atoms with van der Waals surface area (Å²) in [6.07, 6.45) is 2.42.